The van der Waals surface area contributed by atoms with E-state index in [1.165, 1.54) is 24.6 Å². The SMILES string of the molecule is CC(C)OC(=O)[C@H](C)NP(=O)(OC[C@@]1(C)O[C@@H](n2ccc(=S)[nH]c2=S)[C@@H](O)[C@H]1O)Oc1ccccc1. The van der Waals surface area contributed by atoms with Gasteiger partial charge in [0.1, 0.15) is 34.2 Å². The molecule has 36 heavy (non-hydrogen) atoms. The maximum absolute atomic E-state index is 13.7. The van der Waals surface area contributed by atoms with Gasteiger partial charge in [-0.15, -0.1) is 0 Å². The first-order valence-electron chi connectivity index (χ1n) is 11.2. The van der Waals surface area contributed by atoms with Crippen LogP contribution in [-0.2, 0) is 23.4 Å². The van der Waals surface area contributed by atoms with E-state index in [-0.39, 0.29) is 16.6 Å². The Kier molecular flexibility index (Phi) is 9.23. The Balaban J connectivity index is 1.81. The third-order valence-corrected chi connectivity index (χ3v) is 7.48. The molecule has 1 saturated heterocycles. The van der Waals surface area contributed by atoms with Crippen molar-refractivity contribution in [1.82, 2.24) is 14.6 Å². The summed E-state index contributed by atoms with van der Waals surface area (Å²) in [6.45, 7) is 5.85. The topological polar surface area (TPSA) is 144 Å². The normalized spacial score (nSPS) is 26.4. The minimum Gasteiger partial charge on any atom is -0.462 e. The smallest absolute Gasteiger partial charge is 0.459 e. The number of ether oxygens (including phenoxy) is 2. The summed E-state index contributed by atoms with van der Waals surface area (Å²) < 4.78 is 38.1. The molecule has 0 spiro atoms. The lowest BCUT2D eigenvalue weighted by Crippen LogP contribution is -2.45. The number of esters is 1. The van der Waals surface area contributed by atoms with Crippen molar-refractivity contribution in [3.05, 3.63) is 52.0 Å². The lowest BCUT2D eigenvalue weighted by molar-refractivity contribution is -0.149. The Labute approximate surface area is 219 Å². The molecular formula is C22H30N3O8PS2. The number of hydrogen-bond donors (Lipinski definition) is 4. The molecule has 1 unspecified atom stereocenters. The molecule has 198 valence electrons. The Morgan fingerprint density at radius 2 is 1.92 bits per heavy atom. The van der Waals surface area contributed by atoms with Crippen LogP contribution in [0.1, 0.15) is 33.9 Å². The van der Waals surface area contributed by atoms with Crippen LogP contribution in [0.25, 0.3) is 0 Å². The number of carbonyl (C=O) groups excluding carboxylic acids is 1. The molecule has 1 aromatic heterocycles. The molecular weight excluding hydrogens is 529 g/mol. The fourth-order valence-corrected chi connectivity index (χ4v) is 5.53. The zero-order valence-electron chi connectivity index (χ0n) is 20.2. The van der Waals surface area contributed by atoms with Gasteiger partial charge in [0, 0.05) is 6.20 Å². The van der Waals surface area contributed by atoms with Gasteiger partial charge < -0.3 is 29.2 Å². The lowest BCUT2D eigenvalue weighted by Gasteiger charge is -2.30. The van der Waals surface area contributed by atoms with E-state index >= 15 is 0 Å². The Hall–Kier alpha value is -1.96. The number of aliphatic hydroxyl groups excluding tert-OH is 2. The standard InChI is InChI=1S/C22H30N3O8PS2/c1-13(2)31-20(28)14(3)24-34(29,33-15-8-6-5-7-9-15)30-12-22(4)18(27)17(26)19(32-22)25-11-10-16(35)23-21(25)36/h5-11,13-14,17-19,26-27H,12H2,1-4H3,(H,24,29)(H,23,35,36)/t14-,17-,18+,19+,22+,34?/m0/s1. The van der Waals surface area contributed by atoms with Gasteiger partial charge in [0.05, 0.1) is 12.7 Å². The second-order valence-corrected chi connectivity index (χ2v) is 11.3. The zero-order valence-corrected chi connectivity index (χ0v) is 22.7. The molecule has 0 bridgehead atoms. The number of H-pyrrole nitrogens is 1. The van der Waals surface area contributed by atoms with Crippen molar-refractivity contribution in [3.63, 3.8) is 0 Å². The van der Waals surface area contributed by atoms with Crippen molar-refractivity contribution in [2.75, 3.05) is 6.61 Å². The highest BCUT2D eigenvalue weighted by molar-refractivity contribution is 7.72. The van der Waals surface area contributed by atoms with Gasteiger partial charge in [-0.3, -0.25) is 13.9 Å². The number of nitrogens with zero attached hydrogens (tertiary/aromatic N) is 1. The van der Waals surface area contributed by atoms with Gasteiger partial charge in [0.15, 0.2) is 11.0 Å². The molecule has 6 atom stereocenters. The van der Waals surface area contributed by atoms with E-state index in [4.69, 9.17) is 43.0 Å². The monoisotopic (exact) mass is 559 g/mol. The van der Waals surface area contributed by atoms with Crippen LogP contribution in [0.4, 0.5) is 0 Å². The van der Waals surface area contributed by atoms with Gasteiger partial charge in [-0.25, -0.2) is 4.57 Å². The van der Waals surface area contributed by atoms with Crippen LogP contribution in [0, 0.1) is 9.41 Å². The summed E-state index contributed by atoms with van der Waals surface area (Å²) in [6, 6.07) is 8.75. The molecule has 2 heterocycles. The quantitative estimate of drug-likeness (QED) is 0.193. The molecule has 1 aromatic carbocycles. The summed E-state index contributed by atoms with van der Waals surface area (Å²) in [6.07, 6.45) is -2.76. The third kappa shape index (κ3) is 6.87. The van der Waals surface area contributed by atoms with E-state index in [1.807, 2.05) is 0 Å². The number of hydrogen-bond acceptors (Lipinski definition) is 10. The van der Waals surface area contributed by atoms with Gasteiger partial charge in [-0.05, 0) is 58.1 Å². The van der Waals surface area contributed by atoms with Crippen molar-refractivity contribution in [3.8, 4) is 5.75 Å². The molecule has 0 radical (unpaired) electrons. The molecule has 3 rings (SSSR count). The number of rotatable bonds is 10. The van der Waals surface area contributed by atoms with Crippen molar-refractivity contribution in [1.29, 1.82) is 0 Å². The van der Waals surface area contributed by atoms with Crippen LogP contribution < -0.4 is 9.61 Å². The molecule has 1 aliphatic heterocycles. The van der Waals surface area contributed by atoms with E-state index in [9.17, 15) is 19.6 Å². The number of para-hydroxylation sites is 1. The fourth-order valence-electron chi connectivity index (χ4n) is 3.45. The summed E-state index contributed by atoms with van der Waals surface area (Å²) in [4.78, 5) is 15.1. The van der Waals surface area contributed by atoms with Gasteiger partial charge in [-0.2, -0.15) is 5.09 Å². The van der Waals surface area contributed by atoms with Crippen molar-refractivity contribution in [2.45, 2.75) is 63.9 Å². The van der Waals surface area contributed by atoms with Crippen molar-refractivity contribution in [2.24, 2.45) is 0 Å². The number of aromatic nitrogens is 2. The Morgan fingerprint density at radius 3 is 2.53 bits per heavy atom. The maximum Gasteiger partial charge on any atom is 0.459 e. The van der Waals surface area contributed by atoms with Crippen LogP contribution in [0.15, 0.2) is 42.6 Å². The summed E-state index contributed by atoms with van der Waals surface area (Å²) in [5, 5.41) is 24.1. The molecule has 0 aliphatic carbocycles. The van der Waals surface area contributed by atoms with Crippen LogP contribution in [0.3, 0.4) is 0 Å². The maximum atomic E-state index is 13.7. The molecule has 14 heteroatoms. The highest BCUT2D eigenvalue weighted by Crippen LogP contribution is 2.47. The average Bonchev–Trinajstić information content (AvgIpc) is 3.02. The number of nitrogens with one attached hydrogen (secondary N) is 2. The summed E-state index contributed by atoms with van der Waals surface area (Å²) in [5.74, 6) is -0.431. The first-order valence-corrected chi connectivity index (χ1v) is 13.5. The predicted octanol–water partition coefficient (Wildman–Crippen LogP) is 3.42. The number of aromatic amines is 1. The van der Waals surface area contributed by atoms with Crippen molar-refractivity contribution >= 4 is 38.2 Å². The predicted molar refractivity (Wildman–Crippen MR) is 135 cm³/mol. The van der Waals surface area contributed by atoms with Gasteiger partial charge in [0.2, 0.25) is 0 Å². The van der Waals surface area contributed by atoms with E-state index in [0.717, 1.165) is 0 Å². The molecule has 11 nitrogen and oxygen atoms in total. The molecule has 4 N–H and O–H groups in total. The van der Waals surface area contributed by atoms with E-state index in [0.29, 0.717) is 4.64 Å². The summed E-state index contributed by atoms with van der Waals surface area (Å²) >= 11 is 10.3. The van der Waals surface area contributed by atoms with E-state index < -0.39 is 50.4 Å². The number of benzene rings is 1. The average molecular weight is 560 g/mol. The Bertz CT molecular complexity index is 1220. The minimum atomic E-state index is -4.21. The molecule has 2 aromatic rings. The highest BCUT2D eigenvalue weighted by Gasteiger charge is 2.53. The lowest BCUT2D eigenvalue weighted by atomic mass is 9.99. The second kappa shape index (κ2) is 11.6. The molecule has 1 fully saturated rings. The summed E-state index contributed by atoms with van der Waals surface area (Å²) in [7, 11) is -4.21. The van der Waals surface area contributed by atoms with Crippen LogP contribution >= 0.6 is 32.2 Å². The number of carbonyl (C=O) groups is 1. The van der Waals surface area contributed by atoms with Gasteiger partial charge in [-0.1, -0.05) is 30.4 Å². The van der Waals surface area contributed by atoms with Crippen molar-refractivity contribution < 1.29 is 38.1 Å². The van der Waals surface area contributed by atoms with E-state index in [1.54, 1.807) is 50.2 Å². The molecule has 1 aliphatic rings. The van der Waals surface area contributed by atoms with E-state index in [2.05, 4.69) is 10.1 Å². The second-order valence-electron chi connectivity index (χ2n) is 8.79. The number of aliphatic hydroxyl groups is 2. The largest absolute Gasteiger partial charge is 0.462 e. The van der Waals surface area contributed by atoms with Crippen LogP contribution in [0.2, 0.25) is 0 Å². The highest BCUT2D eigenvalue weighted by atomic mass is 32.1. The van der Waals surface area contributed by atoms with Gasteiger partial charge >= 0.3 is 13.7 Å². The zero-order chi connectivity index (χ0) is 26.7. The van der Waals surface area contributed by atoms with Crippen LogP contribution in [-0.4, -0.2) is 62.3 Å². The van der Waals surface area contributed by atoms with Crippen LogP contribution in [0.5, 0.6) is 5.75 Å². The third-order valence-electron chi connectivity index (χ3n) is 5.30. The molecule has 0 amide bonds. The first-order chi connectivity index (χ1) is 16.8. The minimum absolute atomic E-state index is 0.182. The Morgan fingerprint density at radius 1 is 1.25 bits per heavy atom. The fraction of sp³-hybridized carbons (Fsp3) is 0.500. The summed E-state index contributed by atoms with van der Waals surface area (Å²) in [5.41, 5.74) is -1.52. The first kappa shape index (κ1) is 28.6. The van der Waals surface area contributed by atoms with Gasteiger partial charge in [0.25, 0.3) is 0 Å². The molecule has 0 saturated carbocycles.